The summed E-state index contributed by atoms with van der Waals surface area (Å²) in [6.45, 7) is 0. The Morgan fingerprint density at radius 2 is 2.00 bits per heavy atom. The molecule has 0 aliphatic heterocycles. The fraction of sp³-hybridized carbons (Fsp3) is 0.214. The number of benzene rings is 1. The minimum absolute atomic E-state index is 0.436. The van der Waals surface area contributed by atoms with Crippen LogP contribution in [0, 0.1) is 0 Å². The summed E-state index contributed by atoms with van der Waals surface area (Å²) in [6, 6.07) is 8.74. The Bertz CT molecular complexity index is 558. The van der Waals surface area contributed by atoms with E-state index in [9.17, 15) is 5.11 Å². The van der Waals surface area contributed by atoms with Crippen molar-refractivity contribution in [2.24, 2.45) is 0 Å². The van der Waals surface area contributed by atoms with Gasteiger partial charge in [-0.25, -0.2) is 4.98 Å². The van der Waals surface area contributed by atoms with E-state index in [0.717, 1.165) is 11.1 Å². The van der Waals surface area contributed by atoms with E-state index in [1.54, 1.807) is 37.6 Å². The molecule has 0 aliphatic carbocycles. The first-order valence-corrected chi connectivity index (χ1v) is 6.47. The first-order valence-electron chi connectivity index (χ1n) is 5.72. The monoisotopic (exact) mass is 297 g/mol. The lowest BCUT2D eigenvalue weighted by Gasteiger charge is -2.12. The van der Waals surface area contributed by atoms with Gasteiger partial charge in [0, 0.05) is 18.7 Å². The van der Waals surface area contributed by atoms with E-state index in [1.807, 2.05) is 6.07 Å². The van der Waals surface area contributed by atoms with Crippen molar-refractivity contribution in [1.29, 1.82) is 0 Å². The Hall–Kier alpha value is -1.29. The lowest BCUT2D eigenvalue weighted by atomic mass is 10.0. The fourth-order valence-corrected chi connectivity index (χ4v) is 2.02. The molecule has 0 spiro atoms. The van der Waals surface area contributed by atoms with Crippen molar-refractivity contribution < 1.29 is 9.84 Å². The number of hydrogen-bond donors (Lipinski definition) is 1. The number of aliphatic hydroxyl groups excluding tert-OH is 1. The summed E-state index contributed by atoms with van der Waals surface area (Å²) < 4.78 is 4.98. The van der Waals surface area contributed by atoms with Crippen LogP contribution < -0.4 is 4.74 Å². The zero-order chi connectivity index (χ0) is 13.8. The maximum atomic E-state index is 10.2. The molecule has 19 heavy (non-hydrogen) atoms. The second-order valence-corrected chi connectivity index (χ2v) is 4.92. The number of aliphatic hydroxyl groups is 1. The van der Waals surface area contributed by atoms with E-state index in [2.05, 4.69) is 4.98 Å². The van der Waals surface area contributed by atoms with Crippen LogP contribution in [0.2, 0.25) is 10.0 Å². The molecule has 0 fully saturated rings. The van der Waals surface area contributed by atoms with Crippen LogP contribution in [0.15, 0.2) is 36.5 Å². The predicted molar refractivity (Wildman–Crippen MR) is 75.9 cm³/mol. The maximum Gasteiger partial charge on any atom is 0.212 e. The van der Waals surface area contributed by atoms with Gasteiger partial charge >= 0.3 is 0 Å². The largest absolute Gasteiger partial charge is 0.481 e. The molecule has 0 amide bonds. The Labute approximate surface area is 121 Å². The second kappa shape index (κ2) is 6.24. The van der Waals surface area contributed by atoms with Crippen LogP contribution in [0.3, 0.4) is 0 Å². The summed E-state index contributed by atoms with van der Waals surface area (Å²) in [6.07, 6.45) is 1.49. The van der Waals surface area contributed by atoms with E-state index >= 15 is 0 Å². The number of hydrogen-bond acceptors (Lipinski definition) is 3. The van der Waals surface area contributed by atoms with E-state index in [4.69, 9.17) is 27.9 Å². The molecule has 3 nitrogen and oxygen atoms in total. The molecule has 5 heteroatoms. The highest BCUT2D eigenvalue weighted by Gasteiger charge is 2.11. The quantitative estimate of drug-likeness (QED) is 0.936. The van der Waals surface area contributed by atoms with Gasteiger partial charge < -0.3 is 9.84 Å². The van der Waals surface area contributed by atoms with E-state index in [-0.39, 0.29) is 0 Å². The Morgan fingerprint density at radius 3 is 2.58 bits per heavy atom. The second-order valence-electron chi connectivity index (χ2n) is 4.10. The van der Waals surface area contributed by atoms with Crippen LogP contribution in [0.1, 0.15) is 17.2 Å². The molecule has 1 N–H and O–H groups in total. The third kappa shape index (κ3) is 3.60. The average Bonchev–Trinajstić information content (AvgIpc) is 2.42. The first kappa shape index (κ1) is 14.1. The molecular formula is C14H13Cl2NO2. The summed E-state index contributed by atoms with van der Waals surface area (Å²) in [5.41, 5.74) is 1.64. The number of pyridine rings is 1. The summed E-state index contributed by atoms with van der Waals surface area (Å²) in [5.74, 6) is 0.549. The molecule has 0 bridgehead atoms. The molecule has 1 aromatic heterocycles. The van der Waals surface area contributed by atoms with Gasteiger partial charge in [-0.15, -0.1) is 0 Å². The smallest absolute Gasteiger partial charge is 0.212 e. The lowest BCUT2D eigenvalue weighted by molar-refractivity contribution is 0.178. The number of halogens is 2. The minimum atomic E-state index is -0.648. The molecule has 1 aromatic carbocycles. The molecule has 2 aromatic rings. The highest BCUT2D eigenvalue weighted by atomic mass is 35.5. The maximum absolute atomic E-state index is 10.2. The molecule has 1 heterocycles. The van der Waals surface area contributed by atoms with Gasteiger partial charge in [0.2, 0.25) is 5.88 Å². The normalized spacial score (nSPS) is 12.2. The molecule has 0 radical (unpaired) electrons. The van der Waals surface area contributed by atoms with Crippen molar-refractivity contribution in [2.45, 2.75) is 12.5 Å². The first-order chi connectivity index (χ1) is 9.10. The van der Waals surface area contributed by atoms with Crippen molar-refractivity contribution in [1.82, 2.24) is 4.98 Å². The fourth-order valence-electron chi connectivity index (χ4n) is 1.71. The summed E-state index contributed by atoms with van der Waals surface area (Å²) in [4.78, 5) is 4.10. The zero-order valence-electron chi connectivity index (χ0n) is 10.3. The molecular weight excluding hydrogens is 285 g/mol. The Morgan fingerprint density at radius 1 is 1.21 bits per heavy atom. The van der Waals surface area contributed by atoms with E-state index in [0.29, 0.717) is 22.3 Å². The standard InChI is InChI=1S/C14H13Cl2NO2/c1-19-14-5-2-9(8-17-14)6-13(18)10-3-4-11(15)12(16)7-10/h2-5,7-8,13,18H,6H2,1H3. The van der Waals surface area contributed by atoms with Crippen LogP contribution in [0.5, 0.6) is 5.88 Å². The third-order valence-corrected chi connectivity index (χ3v) is 3.50. The number of nitrogens with zero attached hydrogens (tertiary/aromatic N) is 1. The highest BCUT2D eigenvalue weighted by molar-refractivity contribution is 6.42. The van der Waals surface area contributed by atoms with E-state index in [1.165, 1.54) is 0 Å². The number of methoxy groups -OCH3 is 1. The topological polar surface area (TPSA) is 42.4 Å². The van der Waals surface area contributed by atoms with Crippen molar-refractivity contribution in [2.75, 3.05) is 7.11 Å². The highest BCUT2D eigenvalue weighted by Crippen LogP contribution is 2.27. The molecule has 0 saturated heterocycles. The van der Waals surface area contributed by atoms with Gasteiger partial charge in [-0.1, -0.05) is 35.3 Å². The number of rotatable bonds is 4. The van der Waals surface area contributed by atoms with Gasteiger partial charge in [0.15, 0.2) is 0 Å². The van der Waals surface area contributed by atoms with Gasteiger partial charge in [0.05, 0.1) is 23.3 Å². The van der Waals surface area contributed by atoms with Crippen molar-refractivity contribution in [3.8, 4) is 5.88 Å². The van der Waals surface area contributed by atoms with Gasteiger partial charge in [-0.3, -0.25) is 0 Å². The van der Waals surface area contributed by atoms with Crippen LogP contribution >= 0.6 is 23.2 Å². The average molecular weight is 298 g/mol. The van der Waals surface area contributed by atoms with Crippen molar-refractivity contribution in [3.63, 3.8) is 0 Å². The third-order valence-electron chi connectivity index (χ3n) is 2.76. The molecule has 0 aliphatic rings. The predicted octanol–water partition coefficient (Wildman–Crippen LogP) is 3.67. The van der Waals surface area contributed by atoms with E-state index < -0.39 is 6.10 Å². The van der Waals surface area contributed by atoms with Gasteiger partial charge in [-0.2, -0.15) is 0 Å². The minimum Gasteiger partial charge on any atom is -0.481 e. The Balaban J connectivity index is 2.10. The van der Waals surface area contributed by atoms with Crippen molar-refractivity contribution in [3.05, 3.63) is 57.7 Å². The summed E-state index contributed by atoms with van der Waals surface area (Å²) in [5, 5.41) is 11.1. The van der Waals surface area contributed by atoms with Crippen LogP contribution in [0.25, 0.3) is 0 Å². The molecule has 1 atom stereocenters. The van der Waals surface area contributed by atoms with Gasteiger partial charge in [-0.05, 0) is 23.3 Å². The summed E-state index contributed by atoms with van der Waals surface area (Å²) >= 11 is 11.8. The zero-order valence-corrected chi connectivity index (χ0v) is 11.8. The molecule has 1 unspecified atom stereocenters. The van der Waals surface area contributed by atoms with Crippen LogP contribution in [-0.2, 0) is 6.42 Å². The summed E-state index contributed by atoms with van der Waals surface area (Å²) in [7, 11) is 1.56. The molecule has 100 valence electrons. The van der Waals surface area contributed by atoms with Gasteiger partial charge in [0.25, 0.3) is 0 Å². The molecule has 2 rings (SSSR count). The Kier molecular flexibility index (Phi) is 4.64. The van der Waals surface area contributed by atoms with Crippen molar-refractivity contribution >= 4 is 23.2 Å². The lowest BCUT2D eigenvalue weighted by Crippen LogP contribution is -2.02. The van der Waals surface area contributed by atoms with Gasteiger partial charge in [0.1, 0.15) is 0 Å². The number of aromatic nitrogens is 1. The van der Waals surface area contributed by atoms with Crippen LogP contribution in [-0.4, -0.2) is 17.2 Å². The number of ether oxygens (including phenoxy) is 1. The SMILES string of the molecule is COc1ccc(CC(O)c2ccc(Cl)c(Cl)c2)cn1. The molecule has 0 saturated carbocycles. The van der Waals surface area contributed by atoms with Crippen LogP contribution in [0.4, 0.5) is 0 Å².